The lowest BCUT2D eigenvalue weighted by atomic mass is 9.98. The van der Waals surface area contributed by atoms with Crippen LogP contribution in [-0.4, -0.2) is 31.3 Å². The number of ether oxygens (including phenoxy) is 3. The van der Waals surface area contributed by atoms with Gasteiger partial charge in [0.05, 0.1) is 7.11 Å². The van der Waals surface area contributed by atoms with Crippen LogP contribution < -0.4 is 14.2 Å². The molecule has 0 N–H and O–H groups in total. The van der Waals surface area contributed by atoms with Crippen molar-refractivity contribution in [3.8, 4) is 17.2 Å². The van der Waals surface area contributed by atoms with E-state index < -0.39 is 0 Å². The van der Waals surface area contributed by atoms with Crippen LogP contribution in [-0.2, 0) is 13.0 Å². The summed E-state index contributed by atoms with van der Waals surface area (Å²) < 4.78 is 15.9. The fourth-order valence-corrected chi connectivity index (χ4v) is 3.04. The second-order valence-corrected chi connectivity index (χ2v) is 5.68. The first kappa shape index (κ1) is 13.9. The molecule has 0 saturated heterocycles. The molecule has 23 heavy (non-hydrogen) atoms. The van der Waals surface area contributed by atoms with Crippen molar-refractivity contribution in [2.45, 2.75) is 13.0 Å². The molecule has 4 rings (SSSR count). The summed E-state index contributed by atoms with van der Waals surface area (Å²) in [7, 11) is 1.67. The molecule has 2 aromatic rings. The molecule has 0 radical (unpaired) electrons. The highest BCUT2D eigenvalue weighted by Crippen LogP contribution is 2.33. The number of nitrogens with zero attached hydrogens (tertiary/aromatic N) is 1. The molecule has 0 bridgehead atoms. The van der Waals surface area contributed by atoms with Crippen molar-refractivity contribution in [1.29, 1.82) is 0 Å². The average molecular weight is 311 g/mol. The summed E-state index contributed by atoms with van der Waals surface area (Å²) >= 11 is 0. The van der Waals surface area contributed by atoms with Gasteiger partial charge in [-0.15, -0.1) is 0 Å². The maximum Gasteiger partial charge on any atom is 0.254 e. The number of carbonyl (C=O) groups is 1. The SMILES string of the molecule is COc1ccc2c(c1)CCN(C(=O)c1ccc3c(c1)OCO3)C2. The van der Waals surface area contributed by atoms with Crippen molar-refractivity contribution in [2.75, 3.05) is 20.4 Å². The first-order valence-electron chi connectivity index (χ1n) is 7.59. The number of amides is 1. The number of hydrogen-bond acceptors (Lipinski definition) is 4. The Hall–Kier alpha value is -2.69. The van der Waals surface area contributed by atoms with Gasteiger partial charge in [-0.1, -0.05) is 6.07 Å². The first-order valence-corrected chi connectivity index (χ1v) is 7.59. The highest BCUT2D eigenvalue weighted by atomic mass is 16.7. The van der Waals surface area contributed by atoms with Gasteiger partial charge in [-0.05, 0) is 47.9 Å². The molecule has 0 aliphatic carbocycles. The van der Waals surface area contributed by atoms with E-state index in [4.69, 9.17) is 14.2 Å². The number of methoxy groups -OCH3 is 1. The maximum absolute atomic E-state index is 12.7. The van der Waals surface area contributed by atoms with Gasteiger partial charge in [0.1, 0.15) is 5.75 Å². The summed E-state index contributed by atoms with van der Waals surface area (Å²) in [5.41, 5.74) is 3.05. The number of hydrogen-bond donors (Lipinski definition) is 0. The highest BCUT2D eigenvalue weighted by Gasteiger charge is 2.24. The summed E-state index contributed by atoms with van der Waals surface area (Å²) in [4.78, 5) is 14.6. The Balaban J connectivity index is 1.55. The van der Waals surface area contributed by atoms with Crippen LogP contribution in [0.1, 0.15) is 21.5 Å². The molecule has 0 spiro atoms. The van der Waals surface area contributed by atoms with Crippen LogP contribution in [0.15, 0.2) is 36.4 Å². The topological polar surface area (TPSA) is 48.0 Å². The zero-order chi connectivity index (χ0) is 15.8. The summed E-state index contributed by atoms with van der Waals surface area (Å²) in [5.74, 6) is 2.21. The number of fused-ring (bicyclic) bond motifs is 2. The molecule has 5 nitrogen and oxygen atoms in total. The van der Waals surface area contributed by atoms with Crippen LogP contribution >= 0.6 is 0 Å². The third-order valence-corrected chi connectivity index (χ3v) is 4.33. The van der Waals surface area contributed by atoms with Crippen molar-refractivity contribution in [3.05, 3.63) is 53.1 Å². The van der Waals surface area contributed by atoms with E-state index in [9.17, 15) is 4.79 Å². The minimum absolute atomic E-state index is 0.0183. The van der Waals surface area contributed by atoms with E-state index in [0.717, 1.165) is 12.2 Å². The van der Waals surface area contributed by atoms with Gasteiger partial charge in [-0.3, -0.25) is 4.79 Å². The average Bonchev–Trinajstić information content (AvgIpc) is 3.07. The molecule has 2 aliphatic rings. The van der Waals surface area contributed by atoms with E-state index in [-0.39, 0.29) is 12.7 Å². The molecule has 0 aromatic heterocycles. The summed E-state index contributed by atoms with van der Waals surface area (Å²) in [6.07, 6.45) is 0.836. The van der Waals surface area contributed by atoms with Gasteiger partial charge < -0.3 is 19.1 Å². The van der Waals surface area contributed by atoms with Crippen molar-refractivity contribution >= 4 is 5.91 Å². The standard InChI is InChI=1S/C18H17NO4/c1-21-15-4-2-14-10-19(7-6-12(14)8-15)18(20)13-3-5-16-17(9-13)23-11-22-16/h2-5,8-9H,6-7,10-11H2,1H3. The van der Waals surface area contributed by atoms with Crippen molar-refractivity contribution in [1.82, 2.24) is 4.90 Å². The molecule has 2 heterocycles. The Labute approximate surface area is 134 Å². The van der Waals surface area contributed by atoms with E-state index in [1.807, 2.05) is 17.0 Å². The van der Waals surface area contributed by atoms with E-state index in [1.165, 1.54) is 11.1 Å². The zero-order valence-electron chi connectivity index (χ0n) is 12.9. The van der Waals surface area contributed by atoms with Gasteiger partial charge in [-0.2, -0.15) is 0 Å². The second kappa shape index (κ2) is 5.50. The maximum atomic E-state index is 12.7. The molecule has 0 saturated carbocycles. The van der Waals surface area contributed by atoms with E-state index >= 15 is 0 Å². The van der Waals surface area contributed by atoms with Gasteiger partial charge in [0.25, 0.3) is 5.91 Å². The molecule has 0 unspecified atom stereocenters. The molecule has 118 valence electrons. The molecule has 0 atom stereocenters. The monoisotopic (exact) mass is 311 g/mol. The van der Waals surface area contributed by atoms with Gasteiger partial charge in [-0.25, -0.2) is 0 Å². The van der Waals surface area contributed by atoms with Crippen LogP contribution in [0.25, 0.3) is 0 Å². The molecule has 0 fully saturated rings. The Morgan fingerprint density at radius 1 is 1.09 bits per heavy atom. The number of benzene rings is 2. The van der Waals surface area contributed by atoms with Crippen molar-refractivity contribution < 1.29 is 19.0 Å². The van der Waals surface area contributed by atoms with E-state index in [1.54, 1.807) is 25.3 Å². The summed E-state index contributed by atoms with van der Waals surface area (Å²) in [5, 5.41) is 0. The Morgan fingerprint density at radius 3 is 2.83 bits per heavy atom. The predicted octanol–water partition coefficient (Wildman–Crippen LogP) is 2.62. The van der Waals surface area contributed by atoms with E-state index in [2.05, 4.69) is 6.07 Å². The number of rotatable bonds is 2. The lowest BCUT2D eigenvalue weighted by Gasteiger charge is -2.29. The Bertz CT molecular complexity index is 772. The van der Waals surface area contributed by atoms with Gasteiger partial charge in [0, 0.05) is 18.7 Å². The normalized spacial score (nSPS) is 15.3. The van der Waals surface area contributed by atoms with Gasteiger partial charge in [0.15, 0.2) is 11.5 Å². The predicted molar refractivity (Wildman–Crippen MR) is 84.0 cm³/mol. The fraction of sp³-hybridized carbons (Fsp3) is 0.278. The zero-order valence-corrected chi connectivity index (χ0v) is 12.9. The first-order chi connectivity index (χ1) is 11.2. The molecule has 2 aromatic carbocycles. The lowest BCUT2D eigenvalue weighted by molar-refractivity contribution is 0.0734. The fourth-order valence-electron chi connectivity index (χ4n) is 3.04. The largest absolute Gasteiger partial charge is 0.497 e. The molecular formula is C18H17NO4. The van der Waals surface area contributed by atoms with Crippen LogP contribution in [0.5, 0.6) is 17.2 Å². The van der Waals surface area contributed by atoms with Gasteiger partial charge >= 0.3 is 0 Å². The van der Waals surface area contributed by atoms with E-state index in [0.29, 0.717) is 30.2 Å². The third-order valence-electron chi connectivity index (χ3n) is 4.33. The van der Waals surface area contributed by atoms with Crippen molar-refractivity contribution in [2.24, 2.45) is 0 Å². The Kier molecular flexibility index (Phi) is 3.33. The number of carbonyl (C=O) groups excluding carboxylic acids is 1. The Morgan fingerprint density at radius 2 is 1.96 bits per heavy atom. The minimum atomic E-state index is 0.0183. The molecule has 2 aliphatic heterocycles. The van der Waals surface area contributed by atoms with Crippen LogP contribution in [0, 0.1) is 0 Å². The lowest BCUT2D eigenvalue weighted by Crippen LogP contribution is -2.35. The van der Waals surface area contributed by atoms with Crippen LogP contribution in [0.2, 0.25) is 0 Å². The van der Waals surface area contributed by atoms with Crippen LogP contribution in [0.3, 0.4) is 0 Å². The minimum Gasteiger partial charge on any atom is -0.497 e. The van der Waals surface area contributed by atoms with Gasteiger partial charge in [0.2, 0.25) is 6.79 Å². The second-order valence-electron chi connectivity index (χ2n) is 5.68. The molecular weight excluding hydrogens is 294 g/mol. The molecule has 5 heteroatoms. The summed E-state index contributed by atoms with van der Waals surface area (Å²) in [6, 6.07) is 11.4. The third kappa shape index (κ3) is 2.48. The highest BCUT2D eigenvalue weighted by molar-refractivity contribution is 5.95. The van der Waals surface area contributed by atoms with Crippen molar-refractivity contribution in [3.63, 3.8) is 0 Å². The summed E-state index contributed by atoms with van der Waals surface area (Å²) in [6.45, 7) is 1.53. The van der Waals surface area contributed by atoms with Crippen LogP contribution in [0.4, 0.5) is 0 Å². The molecule has 1 amide bonds. The quantitative estimate of drug-likeness (QED) is 0.855. The smallest absolute Gasteiger partial charge is 0.254 e.